The Morgan fingerprint density at radius 1 is 1.27 bits per heavy atom. The van der Waals surface area contributed by atoms with Crippen LogP contribution in [-0.2, 0) is 0 Å². The van der Waals surface area contributed by atoms with Crippen molar-refractivity contribution in [3.63, 3.8) is 0 Å². The highest BCUT2D eigenvalue weighted by atomic mass is 19.1. The summed E-state index contributed by atoms with van der Waals surface area (Å²) in [6.45, 7) is 0. The third-order valence-corrected chi connectivity index (χ3v) is 3.06. The van der Waals surface area contributed by atoms with E-state index in [1.807, 2.05) is 0 Å². The van der Waals surface area contributed by atoms with Crippen molar-refractivity contribution in [2.75, 3.05) is 19.1 Å². The third kappa shape index (κ3) is 3.03. The number of anilines is 1. The maximum absolute atomic E-state index is 13.7. The van der Waals surface area contributed by atoms with Crippen LogP contribution >= 0.6 is 0 Å². The predicted octanol–water partition coefficient (Wildman–Crippen LogP) is 2.20. The number of halogens is 1. The van der Waals surface area contributed by atoms with Gasteiger partial charge >= 0.3 is 5.97 Å². The van der Waals surface area contributed by atoms with Gasteiger partial charge in [0.05, 0.1) is 12.7 Å². The molecule has 114 valence electrons. The minimum atomic E-state index is -1.13. The van der Waals surface area contributed by atoms with Crippen LogP contribution < -0.4 is 9.64 Å². The number of methoxy groups -OCH3 is 1. The standard InChI is InChI=1S/C15H13FN2O4/c1-18(10-4-6-13(22-2)11(16)7-10)14(19)12-5-3-9(8-17-12)15(20)21/h3-8H,1-2H3,(H,20,21). The molecule has 0 fully saturated rings. The lowest BCUT2D eigenvalue weighted by Gasteiger charge is -2.17. The first kappa shape index (κ1) is 15.4. The molecule has 2 rings (SSSR count). The van der Waals surface area contributed by atoms with Gasteiger partial charge in [-0.2, -0.15) is 0 Å². The molecule has 0 aliphatic rings. The van der Waals surface area contributed by atoms with E-state index in [2.05, 4.69) is 4.98 Å². The molecule has 0 bridgehead atoms. The van der Waals surface area contributed by atoms with Gasteiger partial charge in [-0.1, -0.05) is 0 Å². The number of hydrogen-bond acceptors (Lipinski definition) is 4. The monoisotopic (exact) mass is 304 g/mol. The Hall–Kier alpha value is -2.96. The molecule has 6 nitrogen and oxygen atoms in total. The molecule has 1 aromatic heterocycles. The second kappa shape index (κ2) is 6.21. The van der Waals surface area contributed by atoms with Crippen LogP contribution in [-0.4, -0.2) is 36.1 Å². The number of pyridine rings is 1. The second-order valence-electron chi connectivity index (χ2n) is 4.42. The highest BCUT2D eigenvalue weighted by molar-refractivity contribution is 6.04. The molecule has 0 aliphatic heterocycles. The first-order valence-corrected chi connectivity index (χ1v) is 6.25. The number of carbonyl (C=O) groups excluding carboxylic acids is 1. The summed E-state index contributed by atoms with van der Waals surface area (Å²) >= 11 is 0. The predicted molar refractivity (Wildman–Crippen MR) is 76.9 cm³/mol. The van der Waals surface area contributed by atoms with Gasteiger partial charge in [0.1, 0.15) is 5.69 Å². The summed E-state index contributed by atoms with van der Waals surface area (Å²) in [6, 6.07) is 6.70. The lowest BCUT2D eigenvalue weighted by Crippen LogP contribution is -2.27. The fraction of sp³-hybridized carbons (Fsp3) is 0.133. The van der Waals surface area contributed by atoms with E-state index in [0.29, 0.717) is 5.69 Å². The van der Waals surface area contributed by atoms with Crippen LogP contribution in [0.4, 0.5) is 10.1 Å². The molecule has 0 saturated heterocycles. The molecule has 0 saturated carbocycles. The van der Waals surface area contributed by atoms with E-state index in [1.165, 1.54) is 49.4 Å². The number of ether oxygens (including phenoxy) is 1. The number of aromatic nitrogens is 1. The van der Waals surface area contributed by atoms with Gasteiger partial charge in [0, 0.05) is 25.0 Å². The lowest BCUT2D eigenvalue weighted by atomic mass is 10.2. The smallest absolute Gasteiger partial charge is 0.337 e. The number of nitrogens with zero attached hydrogens (tertiary/aromatic N) is 2. The lowest BCUT2D eigenvalue weighted by molar-refractivity contribution is 0.0695. The minimum absolute atomic E-state index is 0.0188. The van der Waals surface area contributed by atoms with Crippen molar-refractivity contribution in [2.45, 2.75) is 0 Å². The maximum Gasteiger partial charge on any atom is 0.337 e. The molecule has 2 aromatic rings. The normalized spacial score (nSPS) is 10.1. The van der Waals surface area contributed by atoms with Gasteiger partial charge in [-0.3, -0.25) is 9.78 Å². The van der Waals surface area contributed by atoms with Crippen molar-refractivity contribution < 1.29 is 23.8 Å². The Morgan fingerprint density at radius 2 is 2.00 bits per heavy atom. The van der Waals surface area contributed by atoms with Crippen molar-refractivity contribution in [1.29, 1.82) is 0 Å². The first-order valence-electron chi connectivity index (χ1n) is 6.25. The Bertz CT molecular complexity index is 716. The van der Waals surface area contributed by atoms with Crippen LogP contribution in [0.5, 0.6) is 5.75 Å². The zero-order valence-electron chi connectivity index (χ0n) is 11.9. The molecule has 0 aliphatic carbocycles. The van der Waals surface area contributed by atoms with Crippen molar-refractivity contribution in [1.82, 2.24) is 4.98 Å². The fourth-order valence-electron chi connectivity index (χ4n) is 1.80. The molecule has 1 amide bonds. The maximum atomic E-state index is 13.7. The van der Waals surface area contributed by atoms with Crippen molar-refractivity contribution in [3.05, 3.63) is 53.6 Å². The van der Waals surface area contributed by atoms with Crippen molar-refractivity contribution in [2.24, 2.45) is 0 Å². The molecular formula is C15H13FN2O4. The van der Waals surface area contributed by atoms with Crippen LogP contribution in [0.3, 0.4) is 0 Å². The summed E-state index contributed by atoms with van der Waals surface area (Å²) in [5, 5.41) is 8.79. The zero-order chi connectivity index (χ0) is 16.3. The topological polar surface area (TPSA) is 79.7 Å². The van der Waals surface area contributed by atoms with E-state index in [-0.39, 0.29) is 17.0 Å². The average Bonchev–Trinajstić information content (AvgIpc) is 2.53. The van der Waals surface area contributed by atoms with Crippen LogP contribution in [0.15, 0.2) is 36.5 Å². The molecule has 0 unspecified atom stereocenters. The highest BCUT2D eigenvalue weighted by Gasteiger charge is 2.17. The van der Waals surface area contributed by atoms with Gasteiger partial charge in [0.2, 0.25) is 0 Å². The fourth-order valence-corrected chi connectivity index (χ4v) is 1.80. The second-order valence-corrected chi connectivity index (χ2v) is 4.42. The zero-order valence-corrected chi connectivity index (χ0v) is 11.9. The molecule has 0 atom stereocenters. The van der Waals surface area contributed by atoms with Crippen LogP contribution in [0.1, 0.15) is 20.8 Å². The Balaban J connectivity index is 2.24. The molecule has 1 heterocycles. The van der Waals surface area contributed by atoms with Crippen molar-refractivity contribution >= 4 is 17.6 Å². The van der Waals surface area contributed by atoms with Gasteiger partial charge in [-0.05, 0) is 24.3 Å². The van der Waals surface area contributed by atoms with Crippen LogP contribution in [0, 0.1) is 5.82 Å². The quantitative estimate of drug-likeness (QED) is 0.936. The number of carbonyl (C=O) groups is 2. The van der Waals surface area contributed by atoms with Crippen molar-refractivity contribution in [3.8, 4) is 5.75 Å². The summed E-state index contributed by atoms with van der Waals surface area (Å²) < 4.78 is 18.5. The van der Waals surface area contributed by atoms with E-state index < -0.39 is 17.7 Å². The molecule has 1 aromatic carbocycles. The molecule has 1 N–H and O–H groups in total. The van der Waals surface area contributed by atoms with E-state index in [9.17, 15) is 14.0 Å². The van der Waals surface area contributed by atoms with Gasteiger partial charge in [-0.25, -0.2) is 9.18 Å². The van der Waals surface area contributed by atoms with E-state index in [0.717, 1.165) is 6.20 Å². The van der Waals surface area contributed by atoms with E-state index >= 15 is 0 Å². The number of hydrogen-bond donors (Lipinski definition) is 1. The number of carboxylic acids is 1. The third-order valence-electron chi connectivity index (χ3n) is 3.06. The van der Waals surface area contributed by atoms with Gasteiger partial charge in [0.25, 0.3) is 5.91 Å². The highest BCUT2D eigenvalue weighted by Crippen LogP contribution is 2.23. The number of carboxylic acid groups (broad SMARTS) is 1. The van der Waals surface area contributed by atoms with Crippen LogP contribution in [0.2, 0.25) is 0 Å². The number of benzene rings is 1. The SMILES string of the molecule is COc1ccc(N(C)C(=O)c2ccc(C(=O)O)cn2)cc1F. The first-order chi connectivity index (χ1) is 10.4. The Kier molecular flexibility index (Phi) is 4.36. The largest absolute Gasteiger partial charge is 0.494 e. The van der Waals surface area contributed by atoms with Gasteiger partial charge < -0.3 is 14.7 Å². The summed E-state index contributed by atoms with van der Waals surface area (Å²) in [6.07, 6.45) is 1.10. The molecule has 0 radical (unpaired) electrons. The minimum Gasteiger partial charge on any atom is -0.494 e. The summed E-state index contributed by atoms with van der Waals surface area (Å²) in [5.74, 6) is -2.12. The van der Waals surface area contributed by atoms with Gasteiger partial charge in [-0.15, -0.1) is 0 Å². The Labute approximate surface area is 125 Å². The summed E-state index contributed by atoms with van der Waals surface area (Å²) in [5.41, 5.74) is 0.367. The van der Waals surface area contributed by atoms with E-state index in [4.69, 9.17) is 9.84 Å². The van der Waals surface area contributed by atoms with Crippen LogP contribution in [0.25, 0.3) is 0 Å². The Morgan fingerprint density at radius 3 is 2.50 bits per heavy atom. The molecule has 22 heavy (non-hydrogen) atoms. The van der Waals surface area contributed by atoms with E-state index in [1.54, 1.807) is 0 Å². The number of aromatic carboxylic acids is 1. The molecular weight excluding hydrogens is 291 g/mol. The average molecular weight is 304 g/mol. The van der Waals surface area contributed by atoms with Gasteiger partial charge in [0.15, 0.2) is 11.6 Å². The molecule has 0 spiro atoms. The number of amides is 1. The molecule has 7 heteroatoms. The summed E-state index contributed by atoms with van der Waals surface area (Å²) in [7, 11) is 2.82. The number of rotatable bonds is 4. The summed E-state index contributed by atoms with van der Waals surface area (Å²) in [4.78, 5) is 28.0.